The van der Waals surface area contributed by atoms with Crippen molar-refractivity contribution >= 4 is 12.0 Å². The molecule has 1 unspecified atom stereocenters. The molecule has 19 heavy (non-hydrogen) atoms. The van der Waals surface area contributed by atoms with Crippen molar-refractivity contribution in [3.05, 3.63) is 0 Å². The second-order valence-electron chi connectivity index (χ2n) is 4.61. The Bertz CT molecular complexity index is 303. The molecule has 0 fully saturated rings. The van der Waals surface area contributed by atoms with Crippen molar-refractivity contribution in [3.8, 4) is 0 Å². The smallest absolute Gasteiger partial charge is 0.329 e. The molecule has 2 amide bonds. The lowest BCUT2D eigenvalue weighted by Crippen LogP contribution is -2.59. The molecular weight excluding hydrogens is 248 g/mol. The highest BCUT2D eigenvalue weighted by Crippen LogP contribution is 2.16. The van der Waals surface area contributed by atoms with E-state index >= 15 is 0 Å². The Kier molecular flexibility index (Phi) is 7.44. The molecule has 0 heterocycles. The van der Waals surface area contributed by atoms with E-state index in [0.29, 0.717) is 26.0 Å². The fraction of sp³-hybridized carbons (Fsp3) is 0.846. The summed E-state index contributed by atoms with van der Waals surface area (Å²) in [7, 11) is 1.57. The predicted molar refractivity (Wildman–Crippen MR) is 73.2 cm³/mol. The minimum absolute atomic E-state index is 0.102. The van der Waals surface area contributed by atoms with E-state index in [0.717, 1.165) is 0 Å². The molecule has 0 bridgehead atoms. The maximum atomic E-state index is 12.2. The van der Waals surface area contributed by atoms with Crippen LogP contribution in [0, 0.1) is 0 Å². The van der Waals surface area contributed by atoms with Crippen LogP contribution in [0.25, 0.3) is 0 Å². The van der Waals surface area contributed by atoms with E-state index in [4.69, 9.17) is 4.74 Å². The third kappa shape index (κ3) is 4.38. The third-order valence-electron chi connectivity index (χ3n) is 3.50. The number of ether oxygens (including phenoxy) is 1. The van der Waals surface area contributed by atoms with Gasteiger partial charge in [-0.05, 0) is 26.7 Å². The highest BCUT2D eigenvalue weighted by Gasteiger charge is 2.37. The van der Waals surface area contributed by atoms with Crippen LogP contribution in [0.4, 0.5) is 4.79 Å². The lowest BCUT2D eigenvalue weighted by atomic mass is 9.93. The molecule has 0 spiro atoms. The number of nitrogens with one attached hydrogen (secondary N) is 1. The zero-order valence-corrected chi connectivity index (χ0v) is 12.5. The molecule has 6 heteroatoms. The number of rotatable bonds is 8. The van der Waals surface area contributed by atoms with Crippen LogP contribution in [0.3, 0.4) is 0 Å². The van der Waals surface area contributed by atoms with E-state index in [9.17, 15) is 14.7 Å². The molecule has 0 aliphatic rings. The van der Waals surface area contributed by atoms with Crippen molar-refractivity contribution in [2.75, 3.05) is 20.3 Å². The van der Waals surface area contributed by atoms with Crippen LogP contribution in [0.1, 0.15) is 40.5 Å². The quantitative estimate of drug-likeness (QED) is 0.706. The average molecular weight is 274 g/mol. The van der Waals surface area contributed by atoms with Gasteiger partial charge in [-0.2, -0.15) is 0 Å². The number of hydrogen-bond acceptors (Lipinski definition) is 3. The summed E-state index contributed by atoms with van der Waals surface area (Å²) in [4.78, 5) is 25.2. The largest absolute Gasteiger partial charge is 0.480 e. The van der Waals surface area contributed by atoms with E-state index in [1.165, 1.54) is 0 Å². The van der Waals surface area contributed by atoms with Crippen molar-refractivity contribution in [1.29, 1.82) is 0 Å². The lowest BCUT2D eigenvalue weighted by Gasteiger charge is -2.34. The first-order chi connectivity index (χ1) is 8.88. The first-order valence-electron chi connectivity index (χ1n) is 6.69. The van der Waals surface area contributed by atoms with Gasteiger partial charge in [0.15, 0.2) is 0 Å². The van der Waals surface area contributed by atoms with Gasteiger partial charge in [-0.3, -0.25) is 0 Å². The van der Waals surface area contributed by atoms with Crippen LogP contribution in [0.2, 0.25) is 0 Å². The second kappa shape index (κ2) is 7.99. The van der Waals surface area contributed by atoms with Gasteiger partial charge in [-0.1, -0.05) is 13.8 Å². The van der Waals surface area contributed by atoms with Gasteiger partial charge in [0.05, 0.1) is 12.6 Å². The van der Waals surface area contributed by atoms with Gasteiger partial charge in [0.2, 0.25) is 0 Å². The minimum atomic E-state index is -1.20. The highest BCUT2D eigenvalue weighted by atomic mass is 16.5. The molecular formula is C13H26N2O4. The Hall–Kier alpha value is -1.30. The Morgan fingerprint density at radius 1 is 1.32 bits per heavy atom. The molecule has 0 saturated carbocycles. The molecule has 0 aromatic carbocycles. The van der Waals surface area contributed by atoms with Gasteiger partial charge in [0.25, 0.3) is 0 Å². The second-order valence-corrected chi connectivity index (χ2v) is 4.61. The van der Waals surface area contributed by atoms with Gasteiger partial charge in [-0.15, -0.1) is 0 Å². The summed E-state index contributed by atoms with van der Waals surface area (Å²) in [6.45, 7) is 8.15. The van der Waals surface area contributed by atoms with E-state index < -0.39 is 11.5 Å². The van der Waals surface area contributed by atoms with Crippen molar-refractivity contribution in [1.82, 2.24) is 10.2 Å². The maximum Gasteiger partial charge on any atom is 0.329 e. The van der Waals surface area contributed by atoms with Crippen molar-refractivity contribution in [2.45, 2.75) is 52.1 Å². The zero-order chi connectivity index (χ0) is 15.1. The van der Waals surface area contributed by atoms with E-state index in [-0.39, 0.29) is 12.1 Å². The molecule has 0 radical (unpaired) electrons. The maximum absolute atomic E-state index is 12.2. The summed E-state index contributed by atoms with van der Waals surface area (Å²) >= 11 is 0. The van der Waals surface area contributed by atoms with Gasteiger partial charge < -0.3 is 20.1 Å². The van der Waals surface area contributed by atoms with Gasteiger partial charge >= 0.3 is 12.0 Å². The number of carboxylic acid groups (broad SMARTS) is 1. The molecule has 112 valence electrons. The van der Waals surface area contributed by atoms with E-state index in [1.807, 2.05) is 13.8 Å². The number of amides is 2. The molecule has 0 aliphatic heterocycles. The van der Waals surface area contributed by atoms with E-state index in [2.05, 4.69) is 5.32 Å². The summed E-state index contributed by atoms with van der Waals surface area (Å²) in [5.74, 6) is -0.999. The van der Waals surface area contributed by atoms with Crippen LogP contribution in [0.15, 0.2) is 0 Å². The summed E-state index contributed by atoms with van der Waals surface area (Å²) < 4.78 is 5.03. The Morgan fingerprint density at radius 2 is 1.84 bits per heavy atom. The van der Waals surface area contributed by atoms with Gasteiger partial charge in [-0.25, -0.2) is 9.59 Å². The fourth-order valence-electron chi connectivity index (χ4n) is 2.05. The molecule has 0 aliphatic carbocycles. The zero-order valence-electron chi connectivity index (χ0n) is 12.5. The van der Waals surface area contributed by atoms with Crippen molar-refractivity contribution < 1.29 is 19.4 Å². The first kappa shape index (κ1) is 17.7. The Morgan fingerprint density at radius 3 is 2.16 bits per heavy atom. The number of urea groups is 1. The number of likely N-dealkylation sites (N-methyl/N-ethyl adjacent to an activating group) is 1. The Balaban J connectivity index is 4.93. The summed E-state index contributed by atoms with van der Waals surface area (Å²) in [5.41, 5.74) is -1.20. The van der Waals surface area contributed by atoms with E-state index in [1.54, 1.807) is 25.9 Å². The standard InChI is InChI=1S/C13H26N2O4/c1-6-13(7-2,11(16)17)14-12(18)15(8-3)10(4)9-19-5/h10H,6-9H2,1-5H3,(H,14,18)(H,16,17). The SMILES string of the molecule is CCN(C(=O)NC(CC)(CC)C(=O)O)C(C)COC. The van der Waals surface area contributed by atoms with Crippen LogP contribution in [-0.4, -0.2) is 53.8 Å². The summed E-state index contributed by atoms with van der Waals surface area (Å²) in [5, 5.41) is 12.0. The third-order valence-corrected chi connectivity index (χ3v) is 3.50. The first-order valence-corrected chi connectivity index (χ1v) is 6.69. The van der Waals surface area contributed by atoms with Crippen LogP contribution < -0.4 is 5.32 Å². The number of hydrogen-bond donors (Lipinski definition) is 2. The molecule has 0 saturated heterocycles. The number of carbonyl (C=O) groups excluding carboxylic acids is 1. The number of carboxylic acids is 1. The highest BCUT2D eigenvalue weighted by molar-refractivity contribution is 5.86. The van der Waals surface area contributed by atoms with Crippen LogP contribution in [0.5, 0.6) is 0 Å². The number of carbonyl (C=O) groups is 2. The summed E-state index contributed by atoms with van der Waals surface area (Å²) in [6, 6.07) is -0.464. The molecule has 0 rings (SSSR count). The predicted octanol–water partition coefficient (Wildman–Crippen LogP) is 1.70. The minimum Gasteiger partial charge on any atom is -0.480 e. The lowest BCUT2D eigenvalue weighted by molar-refractivity contribution is -0.144. The van der Waals surface area contributed by atoms with Gasteiger partial charge in [0, 0.05) is 13.7 Å². The molecule has 0 aromatic rings. The molecule has 1 atom stereocenters. The number of nitrogens with zero attached hydrogens (tertiary/aromatic N) is 1. The van der Waals surface area contributed by atoms with Gasteiger partial charge in [0.1, 0.15) is 5.54 Å². The van der Waals surface area contributed by atoms with Crippen molar-refractivity contribution in [2.24, 2.45) is 0 Å². The topological polar surface area (TPSA) is 78.9 Å². The fourth-order valence-corrected chi connectivity index (χ4v) is 2.05. The summed E-state index contributed by atoms with van der Waals surface area (Å²) in [6.07, 6.45) is 0.696. The average Bonchev–Trinajstić information content (AvgIpc) is 2.36. The molecule has 2 N–H and O–H groups in total. The number of aliphatic carboxylic acids is 1. The Labute approximate surface area is 115 Å². The molecule has 0 aromatic heterocycles. The monoisotopic (exact) mass is 274 g/mol. The van der Waals surface area contributed by atoms with Crippen LogP contribution in [-0.2, 0) is 9.53 Å². The van der Waals surface area contributed by atoms with Crippen LogP contribution >= 0.6 is 0 Å². The number of methoxy groups -OCH3 is 1. The molecule has 6 nitrogen and oxygen atoms in total. The normalized spacial score (nSPS) is 12.9. The van der Waals surface area contributed by atoms with Crippen molar-refractivity contribution in [3.63, 3.8) is 0 Å².